The monoisotopic (exact) mass is 591 g/mol. The quantitative estimate of drug-likeness (QED) is 0.198. The van der Waals surface area contributed by atoms with Crippen LogP contribution in [0.25, 0.3) is 10.9 Å². The molecule has 0 aliphatic carbocycles. The number of hydrogen-bond acceptors (Lipinski definition) is 8. The molecule has 212 valence electrons. The molecule has 1 fully saturated rings. The van der Waals surface area contributed by atoms with Crippen molar-refractivity contribution in [1.29, 1.82) is 0 Å². The van der Waals surface area contributed by atoms with Crippen LogP contribution in [0.15, 0.2) is 43.2 Å². The molecule has 1 aliphatic heterocycles. The summed E-state index contributed by atoms with van der Waals surface area (Å²) in [7, 11) is 1.48. The molecule has 0 spiro atoms. The largest absolute Gasteiger partial charge is 0.493 e. The number of piperidine rings is 1. The molecule has 0 unspecified atom stereocenters. The molecule has 9 nitrogen and oxygen atoms in total. The molecule has 2 atom stereocenters. The number of benzene rings is 2. The van der Waals surface area contributed by atoms with Crippen molar-refractivity contribution in [2.45, 2.75) is 25.0 Å². The lowest BCUT2D eigenvalue weighted by Crippen LogP contribution is -2.55. The number of aromatic nitrogens is 2. The molecule has 2 heterocycles. The van der Waals surface area contributed by atoms with Crippen molar-refractivity contribution >= 4 is 57.6 Å². The van der Waals surface area contributed by atoms with E-state index in [0.717, 1.165) is 11.8 Å². The zero-order valence-corrected chi connectivity index (χ0v) is 23.5. The average Bonchev–Trinajstić information content (AvgIpc) is 2.97. The summed E-state index contributed by atoms with van der Waals surface area (Å²) in [6.07, 6.45) is 4.72. The van der Waals surface area contributed by atoms with Gasteiger partial charge in [-0.15, -0.1) is 0 Å². The van der Waals surface area contributed by atoms with Crippen LogP contribution in [0, 0.1) is 11.6 Å². The molecule has 40 heavy (non-hydrogen) atoms. The van der Waals surface area contributed by atoms with Gasteiger partial charge in [0.25, 0.3) is 0 Å². The molecule has 0 saturated carbocycles. The maximum atomic E-state index is 14.6. The topological polar surface area (TPSA) is 106 Å². The Morgan fingerprint density at radius 2 is 2.08 bits per heavy atom. The Labute approximate surface area is 239 Å². The van der Waals surface area contributed by atoms with Crippen molar-refractivity contribution in [3.63, 3.8) is 0 Å². The lowest BCUT2D eigenvalue weighted by atomic mass is 9.98. The van der Waals surface area contributed by atoms with Crippen LogP contribution >= 0.6 is 23.4 Å². The maximum absolute atomic E-state index is 14.6. The number of fused-ring (bicyclic) bond motifs is 1. The Morgan fingerprint density at radius 1 is 1.27 bits per heavy atom. The van der Waals surface area contributed by atoms with E-state index in [-0.39, 0.29) is 29.7 Å². The van der Waals surface area contributed by atoms with E-state index in [0.29, 0.717) is 41.9 Å². The van der Waals surface area contributed by atoms with E-state index in [2.05, 4.69) is 27.2 Å². The zero-order chi connectivity index (χ0) is 28.8. The Bertz CT molecular complexity index is 1430. The van der Waals surface area contributed by atoms with E-state index in [1.807, 2.05) is 6.26 Å². The molecule has 1 aromatic heterocycles. The minimum absolute atomic E-state index is 0.0701. The second-order valence-corrected chi connectivity index (χ2v) is 10.3. The lowest BCUT2D eigenvalue weighted by Gasteiger charge is -2.38. The molecule has 1 saturated heterocycles. The number of thioether (sulfide) groups is 1. The second-order valence-electron chi connectivity index (χ2n) is 8.89. The number of nitrogens with zero attached hydrogens (tertiary/aromatic N) is 3. The Balaban J connectivity index is 1.62. The second kappa shape index (κ2) is 13.1. The minimum atomic E-state index is -0.957. The first-order chi connectivity index (χ1) is 19.3. The highest BCUT2D eigenvalue weighted by atomic mass is 35.5. The fourth-order valence-corrected chi connectivity index (χ4v) is 4.88. The van der Waals surface area contributed by atoms with Crippen LogP contribution in [0.5, 0.6) is 11.5 Å². The van der Waals surface area contributed by atoms with E-state index in [4.69, 9.17) is 21.1 Å². The smallest absolute Gasteiger partial charge is 0.246 e. The first-order valence-corrected chi connectivity index (χ1v) is 14.1. The number of nitrogens with one attached hydrogen (secondary N) is 2. The summed E-state index contributed by atoms with van der Waals surface area (Å²) in [5, 5.41) is 5.56. The van der Waals surface area contributed by atoms with Gasteiger partial charge >= 0.3 is 0 Å². The summed E-state index contributed by atoms with van der Waals surface area (Å²) in [5.41, 5.74) is 0.409. The first kappa shape index (κ1) is 29.3. The van der Waals surface area contributed by atoms with Gasteiger partial charge in [0.2, 0.25) is 11.8 Å². The number of anilines is 2. The molecular weight excluding hydrogens is 564 g/mol. The van der Waals surface area contributed by atoms with Crippen molar-refractivity contribution < 1.29 is 27.8 Å². The normalized spacial score (nSPS) is 16.9. The molecular formula is C27H28ClF2N5O4S. The number of carbonyl (C=O) groups excluding carboxylic acids is 2. The van der Waals surface area contributed by atoms with Crippen LogP contribution in [0.1, 0.15) is 12.8 Å². The molecule has 2 aromatic carbocycles. The first-order valence-electron chi connectivity index (χ1n) is 12.4. The molecule has 0 radical (unpaired) electrons. The van der Waals surface area contributed by atoms with Crippen LogP contribution in [0.2, 0.25) is 5.02 Å². The minimum Gasteiger partial charge on any atom is -0.493 e. The van der Waals surface area contributed by atoms with Crippen molar-refractivity contribution in [1.82, 2.24) is 20.2 Å². The predicted molar refractivity (Wildman–Crippen MR) is 151 cm³/mol. The molecule has 13 heteroatoms. The van der Waals surface area contributed by atoms with Gasteiger partial charge in [0.1, 0.15) is 35.1 Å². The third kappa shape index (κ3) is 6.39. The summed E-state index contributed by atoms with van der Waals surface area (Å²) >= 11 is 7.33. The Kier molecular flexibility index (Phi) is 9.64. The van der Waals surface area contributed by atoms with Gasteiger partial charge in [-0.05, 0) is 30.5 Å². The van der Waals surface area contributed by atoms with Crippen molar-refractivity contribution in [2.24, 2.45) is 0 Å². The third-order valence-corrected chi connectivity index (χ3v) is 7.38. The molecule has 4 rings (SSSR count). The number of carbonyl (C=O) groups is 2. The number of rotatable bonds is 10. The summed E-state index contributed by atoms with van der Waals surface area (Å²) < 4.78 is 40.1. The number of likely N-dealkylation sites (tertiary alicyclic amines) is 1. The van der Waals surface area contributed by atoms with Gasteiger partial charge in [-0.1, -0.05) is 18.2 Å². The average molecular weight is 592 g/mol. The van der Waals surface area contributed by atoms with Crippen LogP contribution < -0.4 is 20.1 Å². The van der Waals surface area contributed by atoms with Gasteiger partial charge in [-0.3, -0.25) is 9.59 Å². The van der Waals surface area contributed by atoms with E-state index in [9.17, 15) is 18.4 Å². The van der Waals surface area contributed by atoms with Crippen molar-refractivity contribution in [3.8, 4) is 11.5 Å². The Morgan fingerprint density at radius 3 is 2.80 bits per heavy atom. The number of halogens is 3. The fraction of sp³-hybridized carbons (Fsp3) is 0.333. The summed E-state index contributed by atoms with van der Waals surface area (Å²) in [5.74, 6) is -0.712. The highest BCUT2D eigenvalue weighted by molar-refractivity contribution is 7.98. The van der Waals surface area contributed by atoms with Crippen LogP contribution in [0.3, 0.4) is 0 Å². The van der Waals surface area contributed by atoms with Gasteiger partial charge in [-0.25, -0.2) is 18.7 Å². The molecule has 2 N–H and O–H groups in total. The zero-order valence-electron chi connectivity index (χ0n) is 21.9. The molecule has 2 amide bonds. The summed E-state index contributed by atoms with van der Waals surface area (Å²) in [4.78, 5) is 35.4. The van der Waals surface area contributed by atoms with E-state index < -0.39 is 28.8 Å². The molecule has 3 aromatic rings. The molecule has 0 bridgehead atoms. The summed E-state index contributed by atoms with van der Waals surface area (Å²) in [6, 6.07) is 4.83. The Hall–Kier alpha value is -3.64. The van der Waals surface area contributed by atoms with Crippen molar-refractivity contribution in [2.75, 3.05) is 37.5 Å². The highest BCUT2D eigenvalue weighted by Gasteiger charge is 2.36. The van der Waals surface area contributed by atoms with E-state index >= 15 is 0 Å². The van der Waals surface area contributed by atoms with Crippen LogP contribution in [-0.2, 0) is 9.59 Å². The predicted octanol–water partition coefficient (Wildman–Crippen LogP) is 4.72. The number of methoxy groups -OCH3 is 1. The number of amides is 2. The van der Waals surface area contributed by atoms with Crippen LogP contribution in [0.4, 0.5) is 20.3 Å². The van der Waals surface area contributed by atoms with E-state index in [1.54, 1.807) is 23.9 Å². The summed E-state index contributed by atoms with van der Waals surface area (Å²) in [6.45, 7) is 4.33. The standard InChI is InChI=1S/C27H28ClF2N5O4S/c1-4-23(36)35-9-7-15(11-20(35)27(37)31-8-10-40-3)39-22-12-16-19(13-21(22)38-2)32-14-33-26(16)34-18-6-5-17(29)24(28)25(18)30/h4-6,12-15,20H,1,7-11H2,2-3H3,(H,31,37)(H,32,33,34)/t15-,20-/m0/s1. The van der Waals surface area contributed by atoms with Gasteiger partial charge in [0, 0.05) is 43.1 Å². The maximum Gasteiger partial charge on any atom is 0.246 e. The van der Waals surface area contributed by atoms with Gasteiger partial charge in [-0.2, -0.15) is 11.8 Å². The third-order valence-electron chi connectivity index (χ3n) is 6.42. The highest BCUT2D eigenvalue weighted by Crippen LogP contribution is 2.37. The SMILES string of the molecule is C=CC(=O)N1CC[C@H](Oc2cc3c(Nc4ccc(F)c(Cl)c4F)ncnc3cc2OC)C[C@H]1C(=O)NCCSC. The van der Waals surface area contributed by atoms with Crippen LogP contribution in [-0.4, -0.2) is 71.0 Å². The fourth-order valence-electron chi connectivity index (χ4n) is 4.41. The van der Waals surface area contributed by atoms with Crippen molar-refractivity contribution in [3.05, 3.63) is 59.9 Å². The van der Waals surface area contributed by atoms with Gasteiger partial charge in [0.15, 0.2) is 17.3 Å². The van der Waals surface area contributed by atoms with Gasteiger partial charge < -0.3 is 25.0 Å². The number of hydrogen-bond donors (Lipinski definition) is 2. The lowest BCUT2D eigenvalue weighted by molar-refractivity contribution is -0.140. The van der Waals surface area contributed by atoms with Gasteiger partial charge in [0.05, 0.1) is 18.3 Å². The van der Waals surface area contributed by atoms with E-state index in [1.165, 1.54) is 30.5 Å². The number of ether oxygens (including phenoxy) is 2. The molecule has 1 aliphatic rings.